The number of esters is 1. The predicted molar refractivity (Wildman–Crippen MR) is 96.8 cm³/mol. The highest BCUT2D eigenvalue weighted by Crippen LogP contribution is 2.18. The molecular weight excluding hydrogens is 334 g/mol. The predicted octanol–water partition coefficient (Wildman–Crippen LogP) is 2.97. The Bertz CT molecular complexity index is 1020. The number of aromatic amines is 1. The number of ketones is 1. The Hall–Kier alpha value is -3.41. The fourth-order valence-corrected chi connectivity index (χ4v) is 2.62. The third-order valence-electron chi connectivity index (χ3n) is 3.81. The van der Waals surface area contributed by atoms with Gasteiger partial charge in [-0.15, -0.1) is 0 Å². The first kappa shape index (κ1) is 17.4. The molecule has 0 atom stereocenters. The van der Waals surface area contributed by atoms with Gasteiger partial charge in [-0.05, 0) is 25.1 Å². The van der Waals surface area contributed by atoms with Crippen LogP contribution in [-0.4, -0.2) is 30.0 Å². The lowest BCUT2D eigenvalue weighted by Gasteiger charge is -2.10. The summed E-state index contributed by atoms with van der Waals surface area (Å²) in [4.78, 5) is 38.2. The fourth-order valence-electron chi connectivity index (χ4n) is 2.62. The van der Waals surface area contributed by atoms with Gasteiger partial charge >= 0.3 is 5.97 Å². The van der Waals surface area contributed by atoms with Crippen molar-refractivity contribution in [2.24, 2.45) is 0 Å². The van der Waals surface area contributed by atoms with E-state index in [4.69, 9.17) is 9.47 Å². The standard InChI is InChI=1S/C20H17NO5/c1-13(22)14-6-3-5-9-18(14)25-10-11-26-20(24)16-12-19(23)21-17-8-4-2-7-15(16)17/h2-9,12H,10-11H2,1H3,(H,21,23). The number of pyridine rings is 1. The van der Waals surface area contributed by atoms with Crippen LogP contribution in [0.4, 0.5) is 0 Å². The third kappa shape index (κ3) is 3.80. The van der Waals surface area contributed by atoms with E-state index in [1.165, 1.54) is 13.0 Å². The smallest absolute Gasteiger partial charge is 0.339 e. The number of aromatic nitrogens is 1. The van der Waals surface area contributed by atoms with Crippen molar-refractivity contribution in [3.63, 3.8) is 0 Å². The number of hydrogen-bond acceptors (Lipinski definition) is 5. The van der Waals surface area contributed by atoms with Gasteiger partial charge < -0.3 is 14.5 Å². The SMILES string of the molecule is CC(=O)c1ccccc1OCCOC(=O)c1cc(=O)[nH]c2ccccc12. The Balaban J connectivity index is 1.66. The number of carbonyl (C=O) groups is 2. The number of ether oxygens (including phenoxy) is 2. The molecule has 132 valence electrons. The van der Waals surface area contributed by atoms with Crippen molar-refractivity contribution >= 4 is 22.7 Å². The quantitative estimate of drug-likeness (QED) is 0.419. The van der Waals surface area contributed by atoms with Crippen LogP contribution in [0.3, 0.4) is 0 Å². The number of hydrogen-bond donors (Lipinski definition) is 1. The van der Waals surface area contributed by atoms with E-state index in [9.17, 15) is 14.4 Å². The maximum absolute atomic E-state index is 12.3. The number of carbonyl (C=O) groups excluding carboxylic acids is 2. The minimum absolute atomic E-state index is 0.00774. The van der Waals surface area contributed by atoms with Gasteiger partial charge in [-0.2, -0.15) is 0 Å². The molecule has 0 saturated carbocycles. The molecule has 3 rings (SSSR count). The van der Waals surface area contributed by atoms with Gasteiger partial charge in [0.1, 0.15) is 19.0 Å². The molecule has 6 nitrogen and oxygen atoms in total. The van der Waals surface area contributed by atoms with E-state index < -0.39 is 5.97 Å². The maximum atomic E-state index is 12.3. The number of nitrogens with one attached hydrogen (secondary N) is 1. The molecule has 1 N–H and O–H groups in total. The number of para-hydroxylation sites is 2. The lowest BCUT2D eigenvalue weighted by Crippen LogP contribution is -2.16. The highest BCUT2D eigenvalue weighted by atomic mass is 16.6. The molecular formula is C20H17NO5. The second-order valence-electron chi connectivity index (χ2n) is 5.63. The lowest BCUT2D eigenvalue weighted by molar-refractivity contribution is 0.0451. The van der Waals surface area contributed by atoms with Gasteiger partial charge in [-0.25, -0.2) is 4.79 Å². The summed E-state index contributed by atoms with van der Waals surface area (Å²) in [6, 6.07) is 15.1. The van der Waals surface area contributed by atoms with Crippen molar-refractivity contribution in [1.82, 2.24) is 4.98 Å². The number of Topliss-reactive ketones (excluding diaryl/α,β-unsaturated/α-hetero) is 1. The molecule has 0 saturated heterocycles. The summed E-state index contributed by atoms with van der Waals surface area (Å²) in [5.74, 6) is -0.263. The molecule has 0 aliphatic rings. The highest BCUT2D eigenvalue weighted by Gasteiger charge is 2.13. The second kappa shape index (κ2) is 7.65. The molecule has 0 spiro atoms. The van der Waals surface area contributed by atoms with Crippen LogP contribution < -0.4 is 10.3 Å². The zero-order valence-corrected chi connectivity index (χ0v) is 14.2. The molecule has 1 heterocycles. The van der Waals surface area contributed by atoms with E-state index in [1.54, 1.807) is 48.5 Å². The van der Waals surface area contributed by atoms with Crippen LogP contribution in [0.1, 0.15) is 27.6 Å². The molecule has 2 aromatic carbocycles. The maximum Gasteiger partial charge on any atom is 0.339 e. The molecule has 0 amide bonds. The van der Waals surface area contributed by atoms with Crippen molar-refractivity contribution in [1.29, 1.82) is 0 Å². The summed E-state index contributed by atoms with van der Waals surface area (Å²) in [7, 11) is 0. The summed E-state index contributed by atoms with van der Waals surface area (Å²) < 4.78 is 10.7. The van der Waals surface area contributed by atoms with Gasteiger partial charge in [0, 0.05) is 17.0 Å². The van der Waals surface area contributed by atoms with Gasteiger partial charge in [0.05, 0.1) is 11.1 Å². The monoisotopic (exact) mass is 351 g/mol. The molecule has 0 radical (unpaired) electrons. The van der Waals surface area contributed by atoms with E-state index in [1.807, 2.05) is 0 Å². The summed E-state index contributed by atoms with van der Waals surface area (Å²) >= 11 is 0. The van der Waals surface area contributed by atoms with Crippen molar-refractivity contribution in [3.05, 3.63) is 76.1 Å². The van der Waals surface area contributed by atoms with Gasteiger partial charge in [-0.3, -0.25) is 9.59 Å². The van der Waals surface area contributed by atoms with Crippen molar-refractivity contribution in [2.75, 3.05) is 13.2 Å². The number of fused-ring (bicyclic) bond motifs is 1. The Kier molecular flexibility index (Phi) is 5.12. The first-order valence-corrected chi connectivity index (χ1v) is 8.08. The Morgan fingerprint density at radius 2 is 1.69 bits per heavy atom. The average Bonchev–Trinajstić information content (AvgIpc) is 2.64. The van der Waals surface area contributed by atoms with Crippen molar-refractivity contribution in [3.8, 4) is 5.75 Å². The van der Waals surface area contributed by atoms with E-state index in [0.717, 1.165) is 0 Å². The summed E-state index contributed by atoms with van der Waals surface area (Å²) in [6.45, 7) is 1.55. The van der Waals surface area contributed by atoms with Gasteiger partial charge in [0.25, 0.3) is 0 Å². The van der Waals surface area contributed by atoms with Gasteiger partial charge in [0.2, 0.25) is 5.56 Å². The van der Waals surface area contributed by atoms with Gasteiger partial charge in [0.15, 0.2) is 5.78 Å². The van der Waals surface area contributed by atoms with Crippen molar-refractivity contribution in [2.45, 2.75) is 6.92 Å². The molecule has 1 aromatic heterocycles. The van der Waals surface area contributed by atoms with E-state index >= 15 is 0 Å². The molecule has 0 aliphatic carbocycles. The fraction of sp³-hybridized carbons (Fsp3) is 0.150. The zero-order chi connectivity index (χ0) is 18.5. The lowest BCUT2D eigenvalue weighted by atomic mass is 10.1. The Morgan fingerprint density at radius 1 is 0.962 bits per heavy atom. The van der Waals surface area contributed by atoms with Crippen LogP contribution in [0, 0.1) is 0 Å². The molecule has 0 fully saturated rings. The van der Waals surface area contributed by atoms with Gasteiger partial charge in [-0.1, -0.05) is 30.3 Å². The number of H-pyrrole nitrogens is 1. The van der Waals surface area contributed by atoms with Crippen LogP contribution in [-0.2, 0) is 4.74 Å². The van der Waals surface area contributed by atoms with Crippen LogP contribution in [0.25, 0.3) is 10.9 Å². The molecule has 0 aliphatic heterocycles. The summed E-state index contributed by atoms with van der Waals surface area (Å²) in [5.41, 5.74) is 0.869. The number of rotatable bonds is 6. The molecule has 6 heteroatoms. The minimum Gasteiger partial charge on any atom is -0.489 e. The second-order valence-corrected chi connectivity index (χ2v) is 5.63. The van der Waals surface area contributed by atoms with Crippen molar-refractivity contribution < 1.29 is 19.1 Å². The zero-order valence-electron chi connectivity index (χ0n) is 14.2. The molecule has 3 aromatic rings. The Labute approximate surface area is 149 Å². The minimum atomic E-state index is -0.601. The van der Waals surface area contributed by atoms with E-state index in [0.29, 0.717) is 22.2 Å². The van der Waals surface area contributed by atoms with E-state index in [-0.39, 0.29) is 30.1 Å². The van der Waals surface area contributed by atoms with Crippen LogP contribution in [0.2, 0.25) is 0 Å². The topological polar surface area (TPSA) is 85.5 Å². The van der Waals surface area contributed by atoms with Crippen LogP contribution in [0.15, 0.2) is 59.4 Å². The largest absolute Gasteiger partial charge is 0.489 e. The molecule has 26 heavy (non-hydrogen) atoms. The molecule has 0 unspecified atom stereocenters. The van der Waals surface area contributed by atoms with E-state index in [2.05, 4.69) is 4.98 Å². The first-order valence-electron chi connectivity index (χ1n) is 8.08. The number of benzene rings is 2. The van der Waals surface area contributed by atoms with Crippen LogP contribution in [0.5, 0.6) is 5.75 Å². The Morgan fingerprint density at radius 3 is 2.50 bits per heavy atom. The molecule has 0 bridgehead atoms. The normalized spacial score (nSPS) is 10.5. The summed E-state index contributed by atoms with van der Waals surface area (Å²) in [5, 5.41) is 0.611. The van der Waals surface area contributed by atoms with Crippen LogP contribution >= 0.6 is 0 Å². The first-order chi connectivity index (χ1) is 12.6. The summed E-state index contributed by atoms with van der Waals surface area (Å²) in [6.07, 6.45) is 0. The highest BCUT2D eigenvalue weighted by molar-refractivity contribution is 6.03. The third-order valence-corrected chi connectivity index (χ3v) is 3.81. The average molecular weight is 351 g/mol.